The van der Waals surface area contributed by atoms with E-state index in [1.54, 1.807) is 0 Å². The van der Waals surface area contributed by atoms with Crippen molar-refractivity contribution in [3.05, 3.63) is 64.7 Å². The summed E-state index contributed by atoms with van der Waals surface area (Å²) in [6.45, 7) is 0.591. The lowest BCUT2D eigenvalue weighted by molar-refractivity contribution is -0.134. The van der Waals surface area contributed by atoms with Gasteiger partial charge in [-0.15, -0.1) is 0 Å². The Bertz CT molecular complexity index is 725. The summed E-state index contributed by atoms with van der Waals surface area (Å²) in [6.07, 6.45) is 5.73. The van der Waals surface area contributed by atoms with Crippen LogP contribution < -0.4 is 5.73 Å². The molecule has 1 aliphatic carbocycles. The van der Waals surface area contributed by atoms with Crippen molar-refractivity contribution in [2.75, 3.05) is 5.73 Å². The molecule has 0 spiro atoms. The van der Waals surface area contributed by atoms with E-state index in [1.165, 1.54) is 12.8 Å². The van der Waals surface area contributed by atoms with Gasteiger partial charge in [-0.1, -0.05) is 60.8 Å². The Morgan fingerprint density at radius 3 is 2.36 bits per heavy atom. The Morgan fingerprint density at radius 1 is 1.04 bits per heavy atom. The summed E-state index contributed by atoms with van der Waals surface area (Å²) in [5.41, 5.74) is 8.82. The first-order chi connectivity index (χ1) is 12.1. The van der Waals surface area contributed by atoms with Gasteiger partial charge in [0.15, 0.2) is 0 Å². The number of amides is 1. The molecule has 2 N–H and O–H groups in total. The molecule has 3 rings (SSSR count). The first-order valence-corrected chi connectivity index (χ1v) is 9.39. The van der Waals surface area contributed by atoms with Crippen molar-refractivity contribution in [3.63, 3.8) is 0 Å². The molecule has 0 radical (unpaired) electrons. The number of hydrogen-bond donors (Lipinski definition) is 1. The van der Waals surface area contributed by atoms with E-state index < -0.39 is 0 Å². The first-order valence-electron chi connectivity index (χ1n) is 9.01. The predicted molar refractivity (Wildman–Crippen MR) is 103 cm³/mol. The fraction of sp³-hybridized carbons (Fsp3) is 0.381. The second kappa shape index (κ2) is 8.39. The molecule has 0 atom stereocenters. The third kappa shape index (κ3) is 4.55. The van der Waals surface area contributed by atoms with Gasteiger partial charge in [0.05, 0.1) is 0 Å². The standard InChI is InChI=1S/C21H25ClN2O/c22-19-11-5-1-8-17(19)15-24(18-9-3-4-10-18)21(25)14-13-16-7-2-6-12-20(16)23/h1-2,5-8,11-12,18H,3-4,9-10,13-15,23H2. The van der Waals surface area contributed by atoms with Crippen molar-refractivity contribution in [1.82, 2.24) is 4.90 Å². The number of nitrogen functional groups attached to an aromatic ring is 1. The van der Waals surface area contributed by atoms with Crippen molar-refractivity contribution in [2.24, 2.45) is 0 Å². The Balaban J connectivity index is 1.71. The van der Waals surface area contributed by atoms with Crippen LogP contribution in [0, 0.1) is 0 Å². The summed E-state index contributed by atoms with van der Waals surface area (Å²) in [5, 5.41) is 0.727. The minimum atomic E-state index is 0.190. The molecule has 132 valence electrons. The number of para-hydroxylation sites is 1. The summed E-state index contributed by atoms with van der Waals surface area (Å²) in [4.78, 5) is 15.0. The Hall–Kier alpha value is -2.00. The van der Waals surface area contributed by atoms with Gasteiger partial charge in [0, 0.05) is 29.7 Å². The molecule has 2 aromatic rings. The van der Waals surface area contributed by atoms with Gasteiger partial charge in [0.25, 0.3) is 0 Å². The predicted octanol–water partition coefficient (Wildman–Crippen LogP) is 4.83. The van der Waals surface area contributed by atoms with Gasteiger partial charge in [-0.05, 0) is 42.5 Å². The Labute approximate surface area is 154 Å². The molecule has 4 heteroatoms. The molecule has 1 aliphatic rings. The fourth-order valence-electron chi connectivity index (χ4n) is 3.59. The van der Waals surface area contributed by atoms with Gasteiger partial charge in [0.1, 0.15) is 0 Å². The van der Waals surface area contributed by atoms with Gasteiger partial charge in [-0.25, -0.2) is 0 Å². The van der Waals surface area contributed by atoms with Crippen LogP contribution >= 0.6 is 11.6 Å². The average molecular weight is 357 g/mol. The van der Waals surface area contributed by atoms with E-state index in [9.17, 15) is 4.79 Å². The van der Waals surface area contributed by atoms with Gasteiger partial charge in [-0.3, -0.25) is 4.79 Å². The largest absolute Gasteiger partial charge is 0.399 e. The van der Waals surface area contributed by atoms with Crippen molar-refractivity contribution in [1.29, 1.82) is 0 Å². The zero-order chi connectivity index (χ0) is 17.6. The monoisotopic (exact) mass is 356 g/mol. The first kappa shape index (κ1) is 17.8. The fourth-order valence-corrected chi connectivity index (χ4v) is 3.79. The van der Waals surface area contributed by atoms with Gasteiger partial charge in [-0.2, -0.15) is 0 Å². The van der Waals surface area contributed by atoms with E-state index in [1.807, 2.05) is 53.4 Å². The lowest BCUT2D eigenvalue weighted by atomic mass is 10.1. The van der Waals surface area contributed by atoms with E-state index in [-0.39, 0.29) is 5.91 Å². The number of anilines is 1. The molecule has 1 saturated carbocycles. The summed E-state index contributed by atoms with van der Waals surface area (Å²) in [5.74, 6) is 0.190. The third-order valence-corrected chi connectivity index (χ3v) is 5.42. The number of benzene rings is 2. The number of carbonyl (C=O) groups excluding carboxylic acids is 1. The molecule has 0 aromatic heterocycles. The van der Waals surface area contributed by atoms with Crippen molar-refractivity contribution >= 4 is 23.2 Å². The molecule has 0 heterocycles. The Kier molecular flexibility index (Phi) is 5.98. The average Bonchev–Trinajstić information content (AvgIpc) is 3.14. The van der Waals surface area contributed by atoms with E-state index in [0.29, 0.717) is 25.4 Å². The van der Waals surface area contributed by atoms with Crippen LogP contribution in [0.1, 0.15) is 43.2 Å². The van der Waals surface area contributed by atoms with E-state index >= 15 is 0 Å². The van der Waals surface area contributed by atoms with Crippen LogP contribution in [0.25, 0.3) is 0 Å². The topological polar surface area (TPSA) is 46.3 Å². The summed E-state index contributed by atoms with van der Waals surface area (Å²) in [6, 6.07) is 15.9. The molecule has 3 nitrogen and oxygen atoms in total. The maximum atomic E-state index is 13.0. The van der Waals surface area contributed by atoms with E-state index in [2.05, 4.69) is 0 Å². The molecule has 0 bridgehead atoms. The summed E-state index contributed by atoms with van der Waals surface area (Å²) in [7, 11) is 0. The number of rotatable bonds is 6. The van der Waals surface area contributed by atoms with Crippen molar-refractivity contribution < 1.29 is 4.79 Å². The number of hydrogen-bond acceptors (Lipinski definition) is 2. The highest BCUT2D eigenvalue weighted by Gasteiger charge is 2.27. The minimum Gasteiger partial charge on any atom is -0.399 e. The molecule has 0 aliphatic heterocycles. The number of halogens is 1. The molecule has 1 amide bonds. The molecular formula is C21H25ClN2O. The summed E-state index contributed by atoms with van der Waals surface area (Å²) < 4.78 is 0. The van der Waals surface area contributed by atoms with Gasteiger partial charge in [0.2, 0.25) is 5.91 Å². The SMILES string of the molecule is Nc1ccccc1CCC(=O)N(Cc1ccccc1Cl)C1CCCC1. The van der Waals surface area contributed by atoms with Crippen LogP contribution in [0.2, 0.25) is 5.02 Å². The minimum absolute atomic E-state index is 0.190. The highest BCUT2D eigenvalue weighted by atomic mass is 35.5. The lowest BCUT2D eigenvalue weighted by Gasteiger charge is -2.29. The number of nitrogens with two attached hydrogens (primary N) is 1. The van der Waals surface area contributed by atoms with Crippen LogP contribution in [-0.4, -0.2) is 16.8 Å². The second-order valence-corrected chi connectivity index (χ2v) is 7.16. The van der Waals surface area contributed by atoms with Crippen molar-refractivity contribution in [3.8, 4) is 0 Å². The third-order valence-electron chi connectivity index (χ3n) is 5.05. The molecule has 2 aromatic carbocycles. The van der Waals surface area contributed by atoms with E-state index in [0.717, 1.165) is 34.7 Å². The maximum Gasteiger partial charge on any atom is 0.223 e. The molecular weight excluding hydrogens is 332 g/mol. The number of carbonyl (C=O) groups is 1. The normalized spacial score (nSPS) is 14.6. The van der Waals surface area contributed by atoms with Crippen LogP contribution in [0.5, 0.6) is 0 Å². The number of aryl methyl sites for hydroxylation is 1. The van der Waals surface area contributed by atoms with Gasteiger partial charge < -0.3 is 10.6 Å². The van der Waals surface area contributed by atoms with Gasteiger partial charge >= 0.3 is 0 Å². The van der Waals surface area contributed by atoms with Crippen LogP contribution in [-0.2, 0) is 17.8 Å². The number of nitrogens with zero attached hydrogens (tertiary/aromatic N) is 1. The quantitative estimate of drug-likeness (QED) is 0.754. The highest BCUT2D eigenvalue weighted by molar-refractivity contribution is 6.31. The second-order valence-electron chi connectivity index (χ2n) is 6.75. The zero-order valence-corrected chi connectivity index (χ0v) is 15.2. The maximum absolute atomic E-state index is 13.0. The van der Waals surface area contributed by atoms with Crippen LogP contribution in [0.4, 0.5) is 5.69 Å². The Morgan fingerprint density at radius 2 is 1.68 bits per heavy atom. The van der Waals surface area contributed by atoms with Crippen LogP contribution in [0.3, 0.4) is 0 Å². The summed E-state index contributed by atoms with van der Waals surface area (Å²) >= 11 is 6.32. The molecule has 0 unspecified atom stereocenters. The lowest BCUT2D eigenvalue weighted by Crippen LogP contribution is -2.38. The van der Waals surface area contributed by atoms with Crippen molar-refractivity contribution in [2.45, 2.75) is 51.1 Å². The van der Waals surface area contributed by atoms with E-state index in [4.69, 9.17) is 17.3 Å². The smallest absolute Gasteiger partial charge is 0.223 e. The molecule has 25 heavy (non-hydrogen) atoms. The molecule has 1 fully saturated rings. The zero-order valence-electron chi connectivity index (χ0n) is 14.5. The highest BCUT2D eigenvalue weighted by Crippen LogP contribution is 2.28. The van der Waals surface area contributed by atoms with Crippen LogP contribution in [0.15, 0.2) is 48.5 Å². The molecule has 0 saturated heterocycles.